The first-order chi connectivity index (χ1) is 5.22. The molecule has 3 nitrogen and oxygen atoms in total. The maximum Gasteiger partial charge on any atom is 0.236 e. The minimum atomic E-state index is -0.120. The number of hydrogen-bond acceptors (Lipinski definition) is 2. The molecule has 0 aromatic rings. The van der Waals surface area contributed by atoms with Crippen molar-refractivity contribution in [2.45, 2.75) is 19.4 Å². The smallest absolute Gasteiger partial charge is 0.236 e. The lowest BCUT2D eigenvalue weighted by atomic mass is 10.3. The standard InChI is InChI=1S/C7H15ClN2O/c1-6(9-2)7(11)10-5-3-4-8/h6,9H,3-5H2,1-2H3,(H,10,11)/t6-/m0/s1. The number of nitrogens with one attached hydrogen (secondary N) is 2. The Morgan fingerprint density at radius 2 is 2.27 bits per heavy atom. The molecule has 2 N–H and O–H groups in total. The summed E-state index contributed by atoms with van der Waals surface area (Å²) in [6, 6.07) is -0.120. The summed E-state index contributed by atoms with van der Waals surface area (Å²) in [7, 11) is 1.76. The maximum atomic E-state index is 11.0. The normalized spacial score (nSPS) is 12.6. The zero-order valence-electron chi connectivity index (χ0n) is 6.98. The van der Waals surface area contributed by atoms with Gasteiger partial charge in [-0.2, -0.15) is 0 Å². The van der Waals surface area contributed by atoms with E-state index in [-0.39, 0.29) is 11.9 Å². The molecular weight excluding hydrogens is 164 g/mol. The van der Waals surface area contributed by atoms with Crippen LogP contribution >= 0.6 is 11.6 Å². The fourth-order valence-corrected chi connectivity index (χ4v) is 0.696. The Hall–Kier alpha value is -0.280. The molecule has 11 heavy (non-hydrogen) atoms. The Morgan fingerprint density at radius 1 is 1.64 bits per heavy atom. The van der Waals surface area contributed by atoms with Crippen LogP contribution in [0.5, 0.6) is 0 Å². The highest BCUT2D eigenvalue weighted by atomic mass is 35.5. The van der Waals surface area contributed by atoms with Crippen LogP contribution in [0.25, 0.3) is 0 Å². The third-order valence-corrected chi connectivity index (χ3v) is 1.70. The van der Waals surface area contributed by atoms with E-state index in [9.17, 15) is 4.79 Å². The number of carbonyl (C=O) groups excluding carboxylic acids is 1. The highest BCUT2D eigenvalue weighted by Crippen LogP contribution is 1.83. The molecule has 0 aliphatic heterocycles. The molecule has 1 amide bonds. The molecule has 0 spiro atoms. The second-order valence-corrected chi connectivity index (χ2v) is 2.72. The van der Waals surface area contributed by atoms with Gasteiger partial charge >= 0.3 is 0 Å². The largest absolute Gasteiger partial charge is 0.355 e. The Labute approximate surface area is 72.5 Å². The van der Waals surface area contributed by atoms with Crippen LogP contribution in [0.2, 0.25) is 0 Å². The second-order valence-electron chi connectivity index (χ2n) is 2.34. The van der Waals surface area contributed by atoms with E-state index in [4.69, 9.17) is 11.6 Å². The van der Waals surface area contributed by atoms with Gasteiger partial charge in [-0.05, 0) is 20.4 Å². The first-order valence-electron chi connectivity index (χ1n) is 3.73. The van der Waals surface area contributed by atoms with Crippen molar-refractivity contribution in [3.63, 3.8) is 0 Å². The minimum absolute atomic E-state index is 0.0256. The molecule has 0 heterocycles. The van der Waals surface area contributed by atoms with E-state index < -0.39 is 0 Å². The van der Waals surface area contributed by atoms with Crippen LogP contribution in [0, 0.1) is 0 Å². The summed E-state index contributed by atoms with van der Waals surface area (Å²) in [4.78, 5) is 11.0. The molecule has 1 atom stereocenters. The lowest BCUT2D eigenvalue weighted by molar-refractivity contribution is -0.122. The predicted octanol–water partition coefficient (Wildman–Crippen LogP) is 0.339. The van der Waals surface area contributed by atoms with Crippen LogP contribution in [0.15, 0.2) is 0 Å². The van der Waals surface area contributed by atoms with Crippen molar-refractivity contribution in [3.05, 3.63) is 0 Å². The van der Waals surface area contributed by atoms with Crippen molar-refractivity contribution in [2.75, 3.05) is 19.5 Å². The summed E-state index contributed by atoms with van der Waals surface area (Å²) in [6.07, 6.45) is 0.823. The number of hydrogen-bond donors (Lipinski definition) is 2. The van der Waals surface area contributed by atoms with Gasteiger partial charge in [-0.25, -0.2) is 0 Å². The van der Waals surface area contributed by atoms with Crippen LogP contribution in [0.1, 0.15) is 13.3 Å². The van der Waals surface area contributed by atoms with E-state index in [0.717, 1.165) is 6.42 Å². The number of carbonyl (C=O) groups is 1. The third kappa shape index (κ3) is 5.04. The quantitative estimate of drug-likeness (QED) is 0.471. The molecular formula is C7H15ClN2O. The topological polar surface area (TPSA) is 41.1 Å². The van der Waals surface area contributed by atoms with Gasteiger partial charge in [-0.3, -0.25) is 4.79 Å². The SMILES string of the molecule is CN[C@@H](C)C(=O)NCCCCl. The second kappa shape index (κ2) is 6.43. The summed E-state index contributed by atoms with van der Waals surface area (Å²) < 4.78 is 0. The van der Waals surface area contributed by atoms with Gasteiger partial charge in [-0.1, -0.05) is 0 Å². The van der Waals surface area contributed by atoms with Gasteiger partial charge in [0, 0.05) is 12.4 Å². The number of halogens is 1. The monoisotopic (exact) mass is 178 g/mol. The van der Waals surface area contributed by atoms with Crippen LogP contribution < -0.4 is 10.6 Å². The highest BCUT2D eigenvalue weighted by Gasteiger charge is 2.07. The van der Waals surface area contributed by atoms with Crippen LogP contribution in [-0.2, 0) is 4.79 Å². The van der Waals surface area contributed by atoms with Gasteiger partial charge in [0.15, 0.2) is 0 Å². The molecule has 0 radical (unpaired) electrons. The van der Waals surface area contributed by atoms with Gasteiger partial charge in [-0.15, -0.1) is 11.6 Å². The van der Waals surface area contributed by atoms with E-state index in [1.54, 1.807) is 7.05 Å². The average Bonchev–Trinajstić information content (AvgIpc) is 2.03. The van der Waals surface area contributed by atoms with E-state index in [1.807, 2.05) is 6.92 Å². The van der Waals surface area contributed by atoms with Crippen LogP contribution in [0.3, 0.4) is 0 Å². The van der Waals surface area contributed by atoms with Crippen molar-refractivity contribution in [3.8, 4) is 0 Å². The summed E-state index contributed by atoms with van der Waals surface area (Å²) in [5.41, 5.74) is 0. The van der Waals surface area contributed by atoms with Crippen molar-refractivity contribution in [2.24, 2.45) is 0 Å². The van der Waals surface area contributed by atoms with Gasteiger partial charge in [0.25, 0.3) is 0 Å². The summed E-state index contributed by atoms with van der Waals surface area (Å²) in [5, 5.41) is 5.59. The van der Waals surface area contributed by atoms with Gasteiger partial charge < -0.3 is 10.6 Å². The Kier molecular flexibility index (Phi) is 6.27. The molecule has 0 aliphatic rings. The van der Waals surface area contributed by atoms with Crippen molar-refractivity contribution >= 4 is 17.5 Å². The first-order valence-corrected chi connectivity index (χ1v) is 4.26. The minimum Gasteiger partial charge on any atom is -0.355 e. The Bertz CT molecular complexity index is 119. The molecule has 0 saturated heterocycles. The lowest BCUT2D eigenvalue weighted by Crippen LogP contribution is -2.40. The third-order valence-electron chi connectivity index (χ3n) is 1.44. The maximum absolute atomic E-state index is 11.0. The van der Waals surface area contributed by atoms with Gasteiger partial charge in [0.1, 0.15) is 0 Å². The summed E-state index contributed by atoms with van der Waals surface area (Å²) >= 11 is 5.43. The lowest BCUT2D eigenvalue weighted by Gasteiger charge is -2.09. The molecule has 0 fully saturated rings. The summed E-state index contributed by atoms with van der Waals surface area (Å²) in [6.45, 7) is 2.48. The molecule has 4 heteroatoms. The van der Waals surface area contributed by atoms with Gasteiger partial charge in [0.05, 0.1) is 6.04 Å². The van der Waals surface area contributed by atoms with Gasteiger partial charge in [0.2, 0.25) is 5.91 Å². The van der Waals surface area contributed by atoms with E-state index in [2.05, 4.69) is 10.6 Å². The van der Waals surface area contributed by atoms with E-state index in [1.165, 1.54) is 0 Å². The Morgan fingerprint density at radius 3 is 2.73 bits per heavy atom. The fourth-order valence-electron chi connectivity index (χ4n) is 0.563. The highest BCUT2D eigenvalue weighted by molar-refractivity contribution is 6.17. The van der Waals surface area contributed by atoms with Crippen molar-refractivity contribution < 1.29 is 4.79 Å². The number of rotatable bonds is 5. The predicted molar refractivity (Wildman–Crippen MR) is 46.9 cm³/mol. The van der Waals surface area contributed by atoms with Crippen LogP contribution in [0.4, 0.5) is 0 Å². The molecule has 0 unspecified atom stereocenters. The first kappa shape index (κ1) is 10.7. The van der Waals surface area contributed by atoms with E-state index in [0.29, 0.717) is 12.4 Å². The number of amides is 1. The molecule has 0 aliphatic carbocycles. The molecule has 0 saturated carbocycles. The van der Waals surface area contributed by atoms with Crippen LogP contribution in [-0.4, -0.2) is 31.4 Å². The number of likely N-dealkylation sites (N-methyl/N-ethyl adjacent to an activating group) is 1. The zero-order chi connectivity index (χ0) is 8.69. The Balaban J connectivity index is 3.36. The fraction of sp³-hybridized carbons (Fsp3) is 0.857. The zero-order valence-corrected chi connectivity index (χ0v) is 7.74. The number of alkyl halides is 1. The molecule has 0 aromatic carbocycles. The average molecular weight is 179 g/mol. The molecule has 0 rings (SSSR count). The van der Waals surface area contributed by atoms with E-state index >= 15 is 0 Å². The molecule has 0 aromatic heterocycles. The van der Waals surface area contributed by atoms with Crippen molar-refractivity contribution in [1.29, 1.82) is 0 Å². The molecule has 66 valence electrons. The van der Waals surface area contributed by atoms with Crippen molar-refractivity contribution in [1.82, 2.24) is 10.6 Å². The summed E-state index contributed by atoms with van der Waals surface area (Å²) in [5.74, 6) is 0.617. The molecule has 0 bridgehead atoms.